The first kappa shape index (κ1) is 18.1. The van der Waals surface area contributed by atoms with Gasteiger partial charge in [-0.25, -0.2) is 4.98 Å². The van der Waals surface area contributed by atoms with Crippen molar-refractivity contribution in [3.8, 4) is 0 Å². The summed E-state index contributed by atoms with van der Waals surface area (Å²) < 4.78 is 42.9. The van der Waals surface area contributed by atoms with E-state index in [-0.39, 0.29) is 13.5 Å². The first-order valence-corrected chi connectivity index (χ1v) is 8.16. The number of hydrogen-bond donors (Lipinski definition) is 3. The van der Waals surface area contributed by atoms with Crippen LogP contribution in [0.2, 0.25) is 0 Å². The molecular formula is C18H19F3N4O. The molecule has 0 bridgehead atoms. The smallest absolute Gasteiger partial charge is 0.363 e. The minimum atomic E-state index is -4.33. The zero-order chi connectivity index (χ0) is 18.6. The highest BCUT2D eigenvalue weighted by Gasteiger charge is 2.29. The van der Waals surface area contributed by atoms with Crippen molar-refractivity contribution in [2.45, 2.75) is 19.5 Å². The minimum Gasteiger partial charge on any atom is -0.363 e. The van der Waals surface area contributed by atoms with Gasteiger partial charge >= 0.3 is 6.18 Å². The number of aromatic amines is 1. The number of pyridine rings is 1. The molecular weight excluding hydrogens is 345 g/mol. The number of ether oxygens (including phenoxy) is 1. The lowest BCUT2D eigenvalue weighted by molar-refractivity contribution is -0.137. The van der Waals surface area contributed by atoms with E-state index in [4.69, 9.17) is 4.74 Å². The van der Waals surface area contributed by atoms with Crippen LogP contribution in [-0.2, 0) is 17.3 Å². The SMILES string of the molecule is CCc1cnc2[nH]cc(NCOCNc3ccc(C(F)(F)F)cc3)c2c1. The third kappa shape index (κ3) is 4.26. The summed E-state index contributed by atoms with van der Waals surface area (Å²) in [5, 5.41) is 7.05. The zero-order valence-corrected chi connectivity index (χ0v) is 14.2. The summed E-state index contributed by atoms with van der Waals surface area (Å²) in [5.74, 6) is 0. The van der Waals surface area contributed by atoms with E-state index in [1.807, 2.05) is 12.4 Å². The molecule has 0 atom stereocenters. The molecule has 0 saturated carbocycles. The molecule has 8 heteroatoms. The molecule has 0 amide bonds. The molecule has 0 aliphatic rings. The summed E-state index contributed by atoms with van der Waals surface area (Å²) in [4.78, 5) is 7.44. The Bertz CT molecular complexity index is 859. The molecule has 2 heterocycles. The van der Waals surface area contributed by atoms with Gasteiger partial charge in [-0.2, -0.15) is 13.2 Å². The molecule has 138 valence electrons. The van der Waals surface area contributed by atoms with Crippen LogP contribution in [0, 0.1) is 0 Å². The van der Waals surface area contributed by atoms with Gasteiger partial charge in [-0.3, -0.25) is 0 Å². The second kappa shape index (κ2) is 7.65. The normalized spacial score (nSPS) is 11.7. The van der Waals surface area contributed by atoms with Gasteiger partial charge in [0.2, 0.25) is 0 Å². The number of alkyl halides is 3. The van der Waals surface area contributed by atoms with E-state index in [0.29, 0.717) is 5.69 Å². The van der Waals surface area contributed by atoms with Crippen molar-refractivity contribution in [3.05, 3.63) is 53.9 Å². The van der Waals surface area contributed by atoms with Crippen molar-refractivity contribution in [2.24, 2.45) is 0 Å². The molecule has 3 rings (SSSR count). The molecule has 3 N–H and O–H groups in total. The molecule has 0 unspecified atom stereocenters. The first-order chi connectivity index (χ1) is 12.5. The Morgan fingerprint density at radius 1 is 1.12 bits per heavy atom. The number of fused-ring (bicyclic) bond motifs is 1. The van der Waals surface area contributed by atoms with E-state index in [1.165, 1.54) is 12.1 Å². The number of benzene rings is 1. The van der Waals surface area contributed by atoms with Crippen LogP contribution in [0.15, 0.2) is 42.7 Å². The van der Waals surface area contributed by atoms with Crippen molar-refractivity contribution in [2.75, 3.05) is 24.1 Å². The largest absolute Gasteiger partial charge is 0.416 e. The third-order valence-electron chi connectivity index (χ3n) is 3.95. The van der Waals surface area contributed by atoms with E-state index < -0.39 is 11.7 Å². The van der Waals surface area contributed by atoms with Gasteiger partial charge in [0.1, 0.15) is 19.1 Å². The summed E-state index contributed by atoms with van der Waals surface area (Å²) in [5.41, 5.74) is 2.71. The fourth-order valence-corrected chi connectivity index (χ4v) is 2.48. The van der Waals surface area contributed by atoms with Crippen LogP contribution < -0.4 is 10.6 Å². The van der Waals surface area contributed by atoms with Crippen LogP contribution in [0.4, 0.5) is 24.5 Å². The molecule has 0 aliphatic heterocycles. The van der Waals surface area contributed by atoms with Gasteiger partial charge in [-0.15, -0.1) is 0 Å². The lowest BCUT2D eigenvalue weighted by Crippen LogP contribution is -2.12. The highest BCUT2D eigenvalue weighted by Crippen LogP contribution is 2.29. The Labute approximate surface area is 148 Å². The quantitative estimate of drug-likeness (QED) is 0.424. The van der Waals surface area contributed by atoms with Crippen molar-refractivity contribution in [3.63, 3.8) is 0 Å². The van der Waals surface area contributed by atoms with Crippen LogP contribution in [0.25, 0.3) is 11.0 Å². The fraction of sp³-hybridized carbons (Fsp3) is 0.278. The van der Waals surface area contributed by atoms with Crippen LogP contribution in [0.5, 0.6) is 0 Å². The molecule has 1 aromatic carbocycles. The molecule has 5 nitrogen and oxygen atoms in total. The molecule has 0 spiro atoms. The second-order valence-electron chi connectivity index (χ2n) is 5.72. The van der Waals surface area contributed by atoms with Crippen LogP contribution in [0.3, 0.4) is 0 Å². The maximum atomic E-state index is 12.5. The maximum absolute atomic E-state index is 12.5. The topological polar surface area (TPSA) is 62.0 Å². The van der Waals surface area contributed by atoms with Crippen LogP contribution >= 0.6 is 0 Å². The summed E-state index contributed by atoms with van der Waals surface area (Å²) >= 11 is 0. The standard InChI is InChI=1S/C18H19F3N4O/c1-2-12-7-15-16(9-23-17(15)22-8-12)25-11-26-10-24-14-5-3-13(4-6-14)18(19,20)21/h3-9,24-25H,2,10-11H2,1H3,(H,22,23). The van der Waals surface area contributed by atoms with Crippen molar-refractivity contribution < 1.29 is 17.9 Å². The average Bonchev–Trinajstić information content (AvgIpc) is 3.03. The van der Waals surface area contributed by atoms with Gasteiger partial charge in [-0.05, 0) is 42.3 Å². The zero-order valence-electron chi connectivity index (χ0n) is 14.2. The Hall–Kier alpha value is -2.74. The van der Waals surface area contributed by atoms with E-state index >= 15 is 0 Å². The summed E-state index contributed by atoms with van der Waals surface area (Å²) in [7, 11) is 0. The van der Waals surface area contributed by atoms with Gasteiger partial charge in [0, 0.05) is 23.5 Å². The van der Waals surface area contributed by atoms with Gasteiger partial charge in [-0.1, -0.05) is 6.92 Å². The van der Waals surface area contributed by atoms with Crippen LogP contribution in [-0.4, -0.2) is 23.4 Å². The number of aromatic nitrogens is 2. The minimum absolute atomic E-state index is 0.166. The fourth-order valence-electron chi connectivity index (χ4n) is 2.48. The summed E-state index contributed by atoms with van der Waals surface area (Å²) in [6.07, 6.45) is 0.239. The Morgan fingerprint density at radius 2 is 1.85 bits per heavy atom. The Balaban J connectivity index is 1.47. The number of nitrogens with one attached hydrogen (secondary N) is 3. The average molecular weight is 364 g/mol. The first-order valence-electron chi connectivity index (χ1n) is 8.16. The molecule has 3 aromatic rings. The lowest BCUT2D eigenvalue weighted by atomic mass is 10.2. The predicted molar refractivity (Wildman–Crippen MR) is 95.0 cm³/mol. The summed E-state index contributed by atoms with van der Waals surface area (Å²) in [6, 6.07) is 6.88. The number of nitrogens with zero attached hydrogens (tertiary/aromatic N) is 1. The number of hydrogen-bond acceptors (Lipinski definition) is 4. The molecule has 0 fully saturated rings. The van der Waals surface area contributed by atoms with Crippen molar-refractivity contribution >= 4 is 22.4 Å². The molecule has 0 aliphatic carbocycles. The highest BCUT2D eigenvalue weighted by atomic mass is 19.4. The van der Waals surface area contributed by atoms with E-state index in [9.17, 15) is 13.2 Å². The van der Waals surface area contributed by atoms with E-state index in [0.717, 1.165) is 40.8 Å². The predicted octanol–water partition coefficient (Wildman–Crippen LogP) is 4.60. The molecule has 26 heavy (non-hydrogen) atoms. The maximum Gasteiger partial charge on any atom is 0.416 e. The number of rotatable bonds is 7. The number of aryl methyl sites for hydroxylation is 1. The van der Waals surface area contributed by atoms with E-state index in [1.54, 1.807) is 0 Å². The Morgan fingerprint density at radius 3 is 2.54 bits per heavy atom. The second-order valence-corrected chi connectivity index (χ2v) is 5.72. The Kier molecular flexibility index (Phi) is 5.32. The van der Waals surface area contributed by atoms with Gasteiger partial charge in [0.25, 0.3) is 0 Å². The van der Waals surface area contributed by atoms with Gasteiger partial charge < -0.3 is 20.4 Å². The summed E-state index contributed by atoms with van der Waals surface area (Å²) in [6.45, 7) is 2.48. The van der Waals surface area contributed by atoms with E-state index in [2.05, 4.69) is 33.6 Å². The number of H-pyrrole nitrogens is 1. The highest BCUT2D eigenvalue weighted by molar-refractivity contribution is 5.90. The van der Waals surface area contributed by atoms with Gasteiger partial charge in [0.15, 0.2) is 0 Å². The molecule has 0 radical (unpaired) electrons. The lowest BCUT2D eigenvalue weighted by Gasteiger charge is -2.11. The van der Waals surface area contributed by atoms with Crippen molar-refractivity contribution in [1.82, 2.24) is 9.97 Å². The molecule has 0 saturated heterocycles. The molecule has 2 aromatic heterocycles. The number of halogens is 3. The van der Waals surface area contributed by atoms with Crippen LogP contribution in [0.1, 0.15) is 18.1 Å². The van der Waals surface area contributed by atoms with Gasteiger partial charge in [0.05, 0.1) is 11.3 Å². The monoisotopic (exact) mass is 364 g/mol. The number of anilines is 2. The third-order valence-corrected chi connectivity index (χ3v) is 3.95. The van der Waals surface area contributed by atoms with Crippen molar-refractivity contribution in [1.29, 1.82) is 0 Å².